The molecule has 2 rings (SSSR count). The summed E-state index contributed by atoms with van der Waals surface area (Å²) in [6.07, 6.45) is 2.36. The standard InChI is InChI=1S/C15H22N2O2.ClH/c1-11(13-6-4-8-16-10-13)17-15(18)12-5-3-7-14(9-12)19-2;/h3,5,7,9,11,13,16H,4,6,8,10H2,1-2H3,(H,17,18);1H. The molecule has 0 aliphatic carbocycles. The average Bonchev–Trinajstić information content (AvgIpc) is 2.48. The Morgan fingerprint density at radius 1 is 1.50 bits per heavy atom. The Morgan fingerprint density at radius 2 is 2.30 bits per heavy atom. The number of nitrogens with one attached hydrogen (secondary N) is 2. The first-order valence-electron chi connectivity index (χ1n) is 6.86. The topological polar surface area (TPSA) is 50.4 Å². The summed E-state index contributed by atoms with van der Waals surface area (Å²) in [5, 5.41) is 6.46. The lowest BCUT2D eigenvalue weighted by atomic mass is 9.92. The summed E-state index contributed by atoms with van der Waals surface area (Å²) in [7, 11) is 1.60. The van der Waals surface area contributed by atoms with Crippen LogP contribution in [0.2, 0.25) is 0 Å². The lowest BCUT2D eigenvalue weighted by Gasteiger charge is -2.29. The van der Waals surface area contributed by atoms with Gasteiger partial charge in [-0.25, -0.2) is 0 Å². The van der Waals surface area contributed by atoms with E-state index in [0.717, 1.165) is 13.1 Å². The molecule has 0 spiro atoms. The molecule has 20 heavy (non-hydrogen) atoms. The maximum Gasteiger partial charge on any atom is 0.251 e. The van der Waals surface area contributed by atoms with Crippen LogP contribution in [-0.2, 0) is 0 Å². The lowest BCUT2D eigenvalue weighted by Crippen LogP contribution is -2.44. The Hall–Kier alpha value is -1.26. The van der Waals surface area contributed by atoms with Gasteiger partial charge in [-0.15, -0.1) is 12.4 Å². The number of amides is 1. The third-order valence-electron chi connectivity index (χ3n) is 3.73. The van der Waals surface area contributed by atoms with Crippen LogP contribution in [0.3, 0.4) is 0 Å². The fourth-order valence-corrected chi connectivity index (χ4v) is 2.48. The molecule has 1 aliphatic rings. The first-order chi connectivity index (χ1) is 9.20. The van der Waals surface area contributed by atoms with Gasteiger partial charge in [0, 0.05) is 11.6 Å². The Morgan fingerprint density at radius 3 is 2.95 bits per heavy atom. The molecule has 2 N–H and O–H groups in total. The molecule has 1 fully saturated rings. The summed E-state index contributed by atoms with van der Waals surface area (Å²) < 4.78 is 5.14. The van der Waals surface area contributed by atoms with Crippen LogP contribution in [0.5, 0.6) is 5.75 Å². The Balaban J connectivity index is 0.00000200. The van der Waals surface area contributed by atoms with E-state index in [4.69, 9.17) is 4.74 Å². The summed E-state index contributed by atoms with van der Waals surface area (Å²) in [5.74, 6) is 1.19. The second-order valence-corrected chi connectivity index (χ2v) is 5.10. The largest absolute Gasteiger partial charge is 0.497 e. The van der Waals surface area contributed by atoms with Crippen LogP contribution in [0.15, 0.2) is 24.3 Å². The maximum atomic E-state index is 12.2. The molecule has 1 aromatic carbocycles. The number of rotatable bonds is 4. The number of ether oxygens (including phenoxy) is 1. The molecule has 5 heteroatoms. The van der Waals surface area contributed by atoms with Gasteiger partial charge in [0.1, 0.15) is 5.75 Å². The van der Waals surface area contributed by atoms with Crippen molar-refractivity contribution in [3.8, 4) is 5.75 Å². The van der Waals surface area contributed by atoms with E-state index in [1.54, 1.807) is 13.2 Å². The SMILES string of the molecule is COc1cccc(C(=O)NC(C)C2CCCNC2)c1.Cl. The minimum atomic E-state index is -0.0306. The van der Waals surface area contributed by atoms with Gasteiger partial charge in [0.15, 0.2) is 0 Å². The minimum Gasteiger partial charge on any atom is -0.497 e. The van der Waals surface area contributed by atoms with Gasteiger partial charge in [0.25, 0.3) is 5.91 Å². The zero-order chi connectivity index (χ0) is 13.7. The highest BCUT2D eigenvalue weighted by molar-refractivity contribution is 5.94. The van der Waals surface area contributed by atoms with Crippen molar-refractivity contribution in [1.82, 2.24) is 10.6 Å². The summed E-state index contributed by atoms with van der Waals surface area (Å²) >= 11 is 0. The average molecular weight is 299 g/mol. The Kier molecular flexibility index (Phi) is 6.82. The fraction of sp³-hybridized carbons (Fsp3) is 0.533. The maximum absolute atomic E-state index is 12.2. The molecule has 112 valence electrons. The molecule has 4 nitrogen and oxygen atoms in total. The highest BCUT2D eigenvalue weighted by atomic mass is 35.5. The van der Waals surface area contributed by atoms with Crippen molar-refractivity contribution in [2.24, 2.45) is 5.92 Å². The molecule has 1 amide bonds. The van der Waals surface area contributed by atoms with Crippen LogP contribution in [0.1, 0.15) is 30.1 Å². The van der Waals surface area contributed by atoms with E-state index < -0.39 is 0 Å². The normalized spacial score (nSPS) is 19.6. The Labute approximate surface area is 126 Å². The van der Waals surface area contributed by atoms with Gasteiger partial charge in [0.2, 0.25) is 0 Å². The highest BCUT2D eigenvalue weighted by Gasteiger charge is 2.21. The molecular formula is C15H23ClN2O2. The van der Waals surface area contributed by atoms with Gasteiger partial charge in [-0.2, -0.15) is 0 Å². The molecule has 2 atom stereocenters. The van der Waals surface area contributed by atoms with Crippen molar-refractivity contribution >= 4 is 18.3 Å². The number of methoxy groups -OCH3 is 1. The molecule has 2 unspecified atom stereocenters. The first-order valence-corrected chi connectivity index (χ1v) is 6.86. The molecule has 1 aromatic rings. The van der Waals surface area contributed by atoms with Crippen LogP contribution >= 0.6 is 12.4 Å². The number of carbonyl (C=O) groups is 1. The van der Waals surface area contributed by atoms with E-state index in [1.807, 2.05) is 18.2 Å². The zero-order valence-corrected chi connectivity index (χ0v) is 12.8. The van der Waals surface area contributed by atoms with Gasteiger partial charge in [0.05, 0.1) is 7.11 Å². The summed E-state index contributed by atoms with van der Waals surface area (Å²) in [5.41, 5.74) is 0.648. The Bertz CT molecular complexity index is 434. The van der Waals surface area contributed by atoms with Gasteiger partial charge in [-0.3, -0.25) is 4.79 Å². The molecule has 1 heterocycles. The third-order valence-corrected chi connectivity index (χ3v) is 3.73. The number of benzene rings is 1. The molecule has 0 radical (unpaired) electrons. The predicted octanol–water partition coefficient (Wildman–Crippen LogP) is 2.23. The van der Waals surface area contributed by atoms with Crippen LogP contribution in [-0.4, -0.2) is 32.1 Å². The molecule has 1 saturated heterocycles. The van der Waals surface area contributed by atoms with Crippen LogP contribution < -0.4 is 15.4 Å². The predicted molar refractivity (Wildman–Crippen MR) is 82.8 cm³/mol. The molecule has 0 aromatic heterocycles. The second-order valence-electron chi connectivity index (χ2n) is 5.10. The monoisotopic (exact) mass is 298 g/mol. The van der Waals surface area contributed by atoms with E-state index in [1.165, 1.54) is 12.8 Å². The van der Waals surface area contributed by atoms with Crippen LogP contribution in [0.25, 0.3) is 0 Å². The van der Waals surface area contributed by atoms with Crippen molar-refractivity contribution in [3.63, 3.8) is 0 Å². The van der Waals surface area contributed by atoms with E-state index >= 15 is 0 Å². The summed E-state index contributed by atoms with van der Waals surface area (Å²) in [6.45, 7) is 4.16. The van der Waals surface area contributed by atoms with E-state index in [2.05, 4.69) is 17.6 Å². The number of carbonyl (C=O) groups excluding carboxylic acids is 1. The second kappa shape index (κ2) is 8.12. The minimum absolute atomic E-state index is 0. The fourth-order valence-electron chi connectivity index (χ4n) is 2.48. The van der Waals surface area contributed by atoms with Crippen molar-refractivity contribution in [2.75, 3.05) is 20.2 Å². The van der Waals surface area contributed by atoms with Crippen molar-refractivity contribution in [2.45, 2.75) is 25.8 Å². The smallest absolute Gasteiger partial charge is 0.251 e. The van der Waals surface area contributed by atoms with Gasteiger partial charge < -0.3 is 15.4 Å². The molecular weight excluding hydrogens is 276 g/mol. The van der Waals surface area contributed by atoms with E-state index in [-0.39, 0.29) is 24.4 Å². The van der Waals surface area contributed by atoms with Crippen molar-refractivity contribution in [1.29, 1.82) is 0 Å². The zero-order valence-electron chi connectivity index (χ0n) is 12.0. The van der Waals surface area contributed by atoms with Gasteiger partial charge >= 0.3 is 0 Å². The van der Waals surface area contributed by atoms with Crippen molar-refractivity contribution < 1.29 is 9.53 Å². The van der Waals surface area contributed by atoms with Gasteiger partial charge in [-0.05, 0) is 57.0 Å². The molecule has 1 aliphatic heterocycles. The number of hydrogen-bond donors (Lipinski definition) is 2. The van der Waals surface area contributed by atoms with E-state index in [9.17, 15) is 4.79 Å². The summed E-state index contributed by atoms with van der Waals surface area (Å²) in [6, 6.07) is 7.43. The quantitative estimate of drug-likeness (QED) is 0.896. The molecule has 0 bridgehead atoms. The third kappa shape index (κ3) is 4.39. The van der Waals surface area contributed by atoms with Crippen molar-refractivity contribution in [3.05, 3.63) is 29.8 Å². The number of piperidine rings is 1. The lowest BCUT2D eigenvalue weighted by molar-refractivity contribution is 0.0921. The summed E-state index contributed by atoms with van der Waals surface area (Å²) in [4.78, 5) is 12.2. The number of hydrogen-bond acceptors (Lipinski definition) is 3. The van der Waals surface area contributed by atoms with Crippen LogP contribution in [0.4, 0.5) is 0 Å². The first kappa shape index (κ1) is 16.8. The molecule has 0 saturated carbocycles. The van der Waals surface area contributed by atoms with Gasteiger partial charge in [-0.1, -0.05) is 6.07 Å². The van der Waals surface area contributed by atoms with E-state index in [0.29, 0.717) is 17.2 Å². The van der Waals surface area contributed by atoms with Crippen LogP contribution in [0, 0.1) is 5.92 Å². The highest BCUT2D eigenvalue weighted by Crippen LogP contribution is 2.16. The number of halogens is 1.